The van der Waals surface area contributed by atoms with Crippen LogP contribution in [-0.2, 0) is 0 Å². The molecule has 1 saturated heterocycles. The van der Waals surface area contributed by atoms with Gasteiger partial charge in [-0.1, -0.05) is 0 Å². The largest absolute Gasteiger partial charge is 0.467 e. The van der Waals surface area contributed by atoms with Gasteiger partial charge in [0, 0.05) is 11.0 Å². The minimum Gasteiger partial charge on any atom is -0.467 e. The molecule has 1 fully saturated rings. The molecule has 0 radical (unpaired) electrons. The number of aliphatic hydroxyl groups is 1. The third kappa shape index (κ3) is 1.65. The van der Waals surface area contributed by atoms with Crippen LogP contribution >= 0.6 is 23.5 Å². The minimum absolute atomic E-state index is 0.273. The summed E-state index contributed by atoms with van der Waals surface area (Å²) in [5.74, 6) is 2.04. The molecule has 4 heteroatoms. The molecule has 1 N–H and O–H groups in total. The van der Waals surface area contributed by atoms with Crippen molar-refractivity contribution in [1.29, 1.82) is 0 Å². The van der Waals surface area contributed by atoms with E-state index in [0.717, 1.165) is 11.5 Å². The molecular weight excluding hydrogens is 192 g/mol. The van der Waals surface area contributed by atoms with E-state index in [-0.39, 0.29) is 6.61 Å². The molecule has 2 atom stereocenters. The lowest BCUT2D eigenvalue weighted by Gasteiger charge is -2.04. The van der Waals surface area contributed by atoms with Gasteiger partial charge in [0.15, 0.2) is 0 Å². The van der Waals surface area contributed by atoms with Crippen molar-refractivity contribution in [2.24, 2.45) is 0 Å². The SMILES string of the molecule is OCC1CSC(c2ccco2)S1. The van der Waals surface area contributed by atoms with Crippen LogP contribution in [0.15, 0.2) is 22.8 Å². The molecule has 0 bridgehead atoms. The lowest BCUT2D eigenvalue weighted by Crippen LogP contribution is -2.05. The normalized spacial score (nSPS) is 29.4. The third-order valence-corrected chi connectivity index (χ3v) is 4.99. The first-order valence-corrected chi connectivity index (χ1v) is 5.80. The van der Waals surface area contributed by atoms with E-state index in [1.807, 2.05) is 23.9 Å². The van der Waals surface area contributed by atoms with Crippen LogP contribution < -0.4 is 0 Å². The minimum atomic E-state index is 0.273. The number of aliphatic hydroxyl groups excluding tert-OH is 1. The molecule has 2 nitrogen and oxygen atoms in total. The Kier molecular flexibility index (Phi) is 2.68. The first-order valence-electron chi connectivity index (χ1n) is 3.81. The summed E-state index contributed by atoms with van der Waals surface area (Å²) in [6.07, 6.45) is 1.70. The average Bonchev–Trinajstić information content (AvgIpc) is 2.75. The van der Waals surface area contributed by atoms with Crippen molar-refractivity contribution in [2.45, 2.75) is 9.83 Å². The topological polar surface area (TPSA) is 33.4 Å². The van der Waals surface area contributed by atoms with E-state index in [1.54, 1.807) is 18.0 Å². The second kappa shape index (κ2) is 3.77. The van der Waals surface area contributed by atoms with Gasteiger partial charge < -0.3 is 9.52 Å². The summed E-state index contributed by atoms with van der Waals surface area (Å²) in [6, 6.07) is 3.90. The number of hydrogen-bond acceptors (Lipinski definition) is 4. The Morgan fingerprint density at radius 3 is 3.17 bits per heavy atom. The summed E-state index contributed by atoms with van der Waals surface area (Å²) in [7, 11) is 0. The Hall–Kier alpha value is -0.0600. The Bertz CT molecular complexity index is 235. The maximum Gasteiger partial charge on any atom is 0.126 e. The lowest BCUT2D eigenvalue weighted by molar-refractivity contribution is 0.301. The highest BCUT2D eigenvalue weighted by molar-refractivity contribution is 8.19. The fraction of sp³-hybridized carbons (Fsp3) is 0.500. The van der Waals surface area contributed by atoms with Crippen molar-refractivity contribution in [2.75, 3.05) is 12.4 Å². The lowest BCUT2D eigenvalue weighted by atomic mass is 10.5. The van der Waals surface area contributed by atoms with Crippen LogP contribution in [0.1, 0.15) is 10.3 Å². The Morgan fingerprint density at radius 1 is 1.67 bits per heavy atom. The Morgan fingerprint density at radius 2 is 2.58 bits per heavy atom. The van der Waals surface area contributed by atoms with E-state index < -0.39 is 0 Å². The summed E-state index contributed by atoms with van der Waals surface area (Å²) in [6.45, 7) is 0.273. The quantitative estimate of drug-likeness (QED) is 0.796. The van der Waals surface area contributed by atoms with Crippen molar-refractivity contribution in [3.05, 3.63) is 24.2 Å². The number of furan rings is 1. The maximum absolute atomic E-state index is 8.92. The molecule has 0 saturated carbocycles. The maximum atomic E-state index is 8.92. The van der Waals surface area contributed by atoms with E-state index in [2.05, 4.69) is 0 Å². The molecule has 0 amide bonds. The Balaban J connectivity index is 2.00. The van der Waals surface area contributed by atoms with Crippen molar-refractivity contribution >= 4 is 23.5 Å². The third-order valence-electron chi connectivity index (χ3n) is 1.73. The summed E-state index contributed by atoms with van der Waals surface area (Å²) >= 11 is 3.63. The van der Waals surface area contributed by atoms with Gasteiger partial charge in [0.1, 0.15) is 10.3 Å². The molecule has 2 rings (SSSR count). The van der Waals surface area contributed by atoms with Crippen LogP contribution in [0, 0.1) is 0 Å². The van der Waals surface area contributed by atoms with Gasteiger partial charge >= 0.3 is 0 Å². The van der Waals surface area contributed by atoms with Gasteiger partial charge in [0.25, 0.3) is 0 Å². The molecule has 1 aromatic heterocycles. The second-order valence-electron chi connectivity index (χ2n) is 2.62. The molecule has 1 aromatic rings. The van der Waals surface area contributed by atoms with Gasteiger partial charge in [0.05, 0.1) is 12.9 Å². The molecule has 0 aromatic carbocycles. The predicted octanol–water partition coefficient (Wildman–Crippen LogP) is 2.12. The molecule has 1 aliphatic rings. The van der Waals surface area contributed by atoms with Crippen molar-refractivity contribution in [3.8, 4) is 0 Å². The second-order valence-corrected chi connectivity index (χ2v) is 5.47. The molecule has 2 unspecified atom stereocenters. The van der Waals surface area contributed by atoms with E-state index in [0.29, 0.717) is 9.83 Å². The van der Waals surface area contributed by atoms with Gasteiger partial charge in [-0.3, -0.25) is 0 Å². The van der Waals surface area contributed by atoms with Gasteiger partial charge in [-0.15, -0.1) is 23.5 Å². The van der Waals surface area contributed by atoms with Crippen molar-refractivity contribution in [1.82, 2.24) is 0 Å². The zero-order valence-electron chi connectivity index (χ0n) is 6.47. The zero-order chi connectivity index (χ0) is 8.39. The van der Waals surface area contributed by atoms with Crippen molar-refractivity contribution in [3.63, 3.8) is 0 Å². The molecule has 0 spiro atoms. The van der Waals surface area contributed by atoms with Crippen LogP contribution in [0.4, 0.5) is 0 Å². The average molecular weight is 202 g/mol. The van der Waals surface area contributed by atoms with E-state index in [1.165, 1.54) is 0 Å². The van der Waals surface area contributed by atoms with Gasteiger partial charge in [0.2, 0.25) is 0 Å². The molecule has 12 heavy (non-hydrogen) atoms. The fourth-order valence-corrected chi connectivity index (χ4v) is 4.19. The fourth-order valence-electron chi connectivity index (χ4n) is 1.12. The highest BCUT2D eigenvalue weighted by atomic mass is 32.2. The van der Waals surface area contributed by atoms with E-state index in [4.69, 9.17) is 9.52 Å². The van der Waals surface area contributed by atoms with Crippen LogP contribution in [0.25, 0.3) is 0 Å². The first-order chi connectivity index (χ1) is 5.90. The number of thioether (sulfide) groups is 2. The monoisotopic (exact) mass is 202 g/mol. The summed E-state index contributed by atoms with van der Waals surface area (Å²) in [4.78, 5) is 0. The smallest absolute Gasteiger partial charge is 0.126 e. The number of rotatable bonds is 2. The highest BCUT2D eigenvalue weighted by Gasteiger charge is 2.28. The van der Waals surface area contributed by atoms with E-state index >= 15 is 0 Å². The standard InChI is InChI=1S/C8H10O2S2/c9-4-6-5-11-8(12-6)7-2-1-3-10-7/h1-3,6,8-9H,4-5H2. The van der Waals surface area contributed by atoms with Crippen LogP contribution in [0.3, 0.4) is 0 Å². The molecule has 0 aliphatic carbocycles. The van der Waals surface area contributed by atoms with Gasteiger partial charge in [-0.05, 0) is 12.1 Å². The van der Waals surface area contributed by atoms with Gasteiger partial charge in [-0.25, -0.2) is 0 Å². The summed E-state index contributed by atoms with van der Waals surface area (Å²) in [5.41, 5.74) is 0. The van der Waals surface area contributed by atoms with E-state index in [9.17, 15) is 0 Å². The zero-order valence-corrected chi connectivity index (χ0v) is 8.11. The molecule has 66 valence electrons. The molecule has 2 heterocycles. The van der Waals surface area contributed by atoms with Crippen LogP contribution in [0.2, 0.25) is 0 Å². The first kappa shape index (κ1) is 8.53. The molecule has 1 aliphatic heterocycles. The highest BCUT2D eigenvalue weighted by Crippen LogP contribution is 2.49. The summed E-state index contributed by atoms with van der Waals surface area (Å²) in [5, 5.41) is 9.30. The van der Waals surface area contributed by atoms with Crippen molar-refractivity contribution < 1.29 is 9.52 Å². The van der Waals surface area contributed by atoms with Gasteiger partial charge in [-0.2, -0.15) is 0 Å². The predicted molar refractivity (Wildman–Crippen MR) is 52.4 cm³/mol. The number of hydrogen-bond donors (Lipinski definition) is 1. The molecular formula is C8H10O2S2. The van der Waals surface area contributed by atoms with Crippen LogP contribution in [0.5, 0.6) is 0 Å². The summed E-state index contributed by atoms with van der Waals surface area (Å²) < 4.78 is 5.67. The Labute approximate surface area is 79.7 Å². The van der Waals surface area contributed by atoms with Crippen LogP contribution in [-0.4, -0.2) is 22.7 Å².